The Morgan fingerprint density at radius 3 is 2.90 bits per heavy atom. The molecule has 6 nitrogen and oxygen atoms in total. The monoisotopic (exact) mass is 281 g/mol. The second kappa shape index (κ2) is 5.32. The van der Waals surface area contributed by atoms with E-state index < -0.39 is 0 Å². The smallest absolute Gasteiger partial charge is 0.226 e. The molecule has 6 heteroatoms. The number of hydrogen-bond donors (Lipinski definition) is 1. The SMILES string of the molecule is CC(C)C(=O)Nc1cccc(-c2ccc3nncn3n2)c1. The normalized spacial score (nSPS) is 11.0. The molecule has 106 valence electrons. The highest BCUT2D eigenvalue weighted by Crippen LogP contribution is 2.21. The summed E-state index contributed by atoms with van der Waals surface area (Å²) in [4.78, 5) is 11.8. The fourth-order valence-electron chi connectivity index (χ4n) is 1.93. The zero-order valence-corrected chi connectivity index (χ0v) is 11.8. The minimum Gasteiger partial charge on any atom is -0.326 e. The molecule has 21 heavy (non-hydrogen) atoms. The lowest BCUT2D eigenvalue weighted by Crippen LogP contribution is -2.17. The van der Waals surface area contributed by atoms with Crippen molar-refractivity contribution in [3.8, 4) is 11.3 Å². The van der Waals surface area contributed by atoms with Gasteiger partial charge in [-0.15, -0.1) is 10.2 Å². The fourth-order valence-corrected chi connectivity index (χ4v) is 1.93. The molecule has 0 saturated carbocycles. The second-order valence-electron chi connectivity index (χ2n) is 5.08. The maximum absolute atomic E-state index is 11.8. The topological polar surface area (TPSA) is 72.2 Å². The van der Waals surface area contributed by atoms with Crippen molar-refractivity contribution in [2.45, 2.75) is 13.8 Å². The maximum atomic E-state index is 11.8. The molecule has 1 amide bonds. The molecule has 0 aliphatic heterocycles. The van der Waals surface area contributed by atoms with Crippen LogP contribution in [-0.4, -0.2) is 25.7 Å². The van der Waals surface area contributed by atoms with Crippen LogP contribution in [0.15, 0.2) is 42.7 Å². The van der Waals surface area contributed by atoms with Crippen LogP contribution in [0.1, 0.15) is 13.8 Å². The van der Waals surface area contributed by atoms with Gasteiger partial charge in [-0.05, 0) is 24.3 Å². The van der Waals surface area contributed by atoms with E-state index in [9.17, 15) is 4.79 Å². The summed E-state index contributed by atoms with van der Waals surface area (Å²) in [7, 11) is 0. The number of nitrogens with one attached hydrogen (secondary N) is 1. The molecule has 0 bridgehead atoms. The van der Waals surface area contributed by atoms with Crippen LogP contribution in [-0.2, 0) is 4.79 Å². The van der Waals surface area contributed by atoms with Crippen molar-refractivity contribution in [2.75, 3.05) is 5.32 Å². The first kappa shape index (κ1) is 13.2. The number of amides is 1. The van der Waals surface area contributed by atoms with Crippen LogP contribution in [0.4, 0.5) is 5.69 Å². The highest BCUT2D eigenvalue weighted by molar-refractivity contribution is 5.92. The molecule has 0 atom stereocenters. The third-order valence-electron chi connectivity index (χ3n) is 3.11. The fraction of sp³-hybridized carbons (Fsp3) is 0.200. The van der Waals surface area contributed by atoms with E-state index in [4.69, 9.17) is 0 Å². The molecule has 0 unspecified atom stereocenters. The Morgan fingerprint density at radius 1 is 1.24 bits per heavy atom. The molecule has 0 spiro atoms. The van der Waals surface area contributed by atoms with Crippen LogP contribution in [0.3, 0.4) is 0 Å². The number of rotatable bonds is 3. The summed E-state index contributed by atoms with van der Waals surface area (Å²) < 4.78 is 1.62. The summed E-state index contributed by atoms with van der Waals surface area (Å²) in [6.07, 6.45) is 1.56. The van der Waals surface area contributed by atoms with Crippen molar-refractivity contribution in [3.63, 3.8) is 0 Å². The predicted octanol–water partition coefficient (Wildman–Crippen LogP) is 2.39. The van der Waals surface area contributed by atoms with Crippen LogP contribution in [0, 0.1) is 5.92 Å². The van der Waals surface area contributed by atoms with Crippen molar-refractivity contribution in [1.29, 1.82) is 0 Å². The van der Waals surface area contributed by atoms with Crippen LogP contribution in [0.25, 0.3) is 16.9 Å². The van der Waals surface area contributed by atoms with E-state index in [0.29, 0.717) is 5.65 Å². The molecular weight excluding hydrogens is 266 g/mol. The Labute approximate surface area is 121 Å². The van der Waals surface area contributed by atoms with Crippen molar-refractivity contribution >= 4 is 17.2 Å². The summed E-state index contributed by atoms with van der Waals surface area (Å²) in [6, 6.07) is 11.3. The average Bonchev–Trinajstić information content (AvgIpc) is 2.94. The van der Waals surface area contributed by atoms with Gasteiger partial charge in [-0.3, -0.25) is 4.79 Å². The summed E-state index contributed by atoms with van der Waals surface area (Å²) in [5.41, 5.74) is 3.18. The first-order valence-electron chi connectivity index (χ1n) is 6.72. The summed E-state index contributed by atoms with van der Waals surface area (Å²) in [6.45, 7) is 3.72. The zero-order valence-electron chi connectivity index (χ0n) is 11.8. The number of hydrogen-bond acceptors (Lipinski definition) is 4. The second-order valence-corrected chi connectivity index (χ2v) is 5.08. The van der Waals surface area contributed by atoms with Gasteiger partial charge in [0.25, 0.3) is 0 Å². The molecule has 0 saturated heterocycles. The highest BCUT2D eigenvalue weighted by Gasteiger charge is 2.08. The largest absolute Gasteiger partial charge is 0.326 e. The lowest BCUT2D eigenvalue weighted by atomic mass is 10.1. The number of aromatic nitrogens is 4. The molecule has 0 aliphatic carbocycles. The van der Waals surface area contributed by atoms with Crippen LogP contribution in [0.2, 0.25) is 0 Å². The third kappa shape index (κ3) is 2.74. The Morgan fingerprint density at radius 2 is 2.10 bits per heavy atom. The van der Waals surface area contributed by atoms with Gasteiger partial charge >= 0.3 is 0 Å². The number of anilines is 1. The zero-order chi connectivity index (χ0) is 14.8. The lowest BCUT2D eigenvalue weighted by Gasteiger charge is -2.09. The van der Waals surface area contributed by atoms with Gasteiger partial charge in [0.15, 0.2) is 5.65 Å². The van der Waals surface area contributed by atoms with E-state index in [1.54, 1.807) is 10.8 Å². The first-order valence-corrected chi connectivity index (χ1v) is 6.72. The highest BCUT2D eigenvalue weighted by atomic mass is 16.1. The Balaban J connectivity index is 1.93. The summed E-state index contributed by atoms with van der Waals surface area (Å²) in [5, 5.41) is 15.1. The minimum atomic E-state index is -0.0554. The van der Waals surface area contributed by atoms with Gasteiger partial charge in [0, 0.05) is 17.2 Å². The van der Waals surface area contributed by atoms with Gasteiger partial charge in [0.1, 0.15) is 6.33 Å². The van der Waals surface area contributed by atoms with E-state index in [2.05, 4.69) is 20.6 Å². The Kier molecular flexibility index (Phi) is 3.35. The molecular formula is C15H15N5O. The number of carbonyl (C=O) groups is 1. The van der Waals surface area contributed by atoms with Gasteiger partial charge in [-0.1, -0.05) is 26.0 Å². The Hall–Kier alpha value is -2.76. The molecule has 1 aromatic carbocycles. The van der Waals surface area contributed by atoms with Gasteiger partial charge < -0.3 is 5.32 Å². The van der Waals surface area contributed by atoms with Gasteiger partial charge in [-0.25, -0.2) is 0 Å². The molecule has 0 radical (unpaired) electrons. The van der Waals surface area contributed by atoms with Crippen molar-refractivity contribution in [1.82, 2.24) is 19.8 Å². The van der Waals surface area contributed by atoms with Crippen molar-refractivity contribution < 1.29 is 4.79 Å². The predicted molar refractivity (Wildman–Crippen MR) is 79.7 cm³/mol. The number of fused-ring (bicyclic) bond motifs is 1. The van der Waals surface area contributed by atoms with Crippen LogP contribution < -0.4 is 5.32 Å². The molecule has 2 heterocycles. The van der Waals surface area contributed by atoms with Gasteiger partial charge in [0.05, 0.1) is 5.69 Å². The third-order valence-corrected chi connectivity index (χ3v) is 3.11. The van der Waals surface area contributed by atoms with E-state index in [1.165, 1.54) is 0 Å². The van der Waals surface area contributed by atoms with E-state index in [0.717, 1.165) is 16.9 Å². The Bertz CT molecular complexity index is 793. The van der Waals surface area contributed by atoms with Gasteiger partial charge in [0.2, 0.25) is 5.91 Å². The van der Waals surface area contributed by atoms with Gasteiger partial charge in [-0.2, -0.15) is 9.61 Å². The van der Waals surface area contributed by atoms with Crippen LogP contribution in [0.5, 0.6) is 0 Å². The molecule has 0 fully saturated rings. The maximum Gasteiger partial charge on any atom is 0.226 e. The van der Waals surface area contributed by atoms with Crippen molar-refractivity contribution in [2.24, 2.45) is 5.92 Å². The molecule has 0 aliphatic rings. The molecule has 1 N–H and O–H groups in total. The molecule has 2 aromatic heterocycles. The van der Waals surface area contributed by atoms with Crippen LogP contribution >= 0.6 is 0 Å². The number of carbonyl (C=O) groups excluding carboxylic acids is 1. The van der Waals surface area contributed by atoms with E-state index in [1.807, 2.05) is 50.2 Å². The van der Waals surface area contributed by atoms with Crippen molar-refractivity contribution in [3.05, 3.63) is 42.7 Å². The lowest BCUT2D eigenvalue weighted by molar-refractivity contribution is -0.118. The number of benzene rings is 1. The summed E-state index contributed by atoms with van der Waals surface area (Å²) in [5.74, 6) is -0.0606. The average molecular weight is 281 g/mol. The quantitative estimate of drug-likeness (QED) is 0.800. The number of nitrogens with zero attached hydrogens (tertiary/aromatic N) is 4. The standard InChI is InChI=1S/C15H15N5O/c1-10(2)15(21)17-12-5-3-4-11(8-12)13-6-7-14-18-16-9-20(14)19-13/h3-10H,1-2H3,(H,17,21). The molecule has 3 aromatic rings. The van der Waals surface area contributed by atoms with E-state index >= 15 is 0 Å². The minimum absolute atomic E-state index is 0.00521. The van der Waals surface area contributed by atoms with E-state index in [-0.39, 0.29) is 11.8 Å². The molecule has 3 rings (SSSR count). The first-order chi connectivity index (χ1) is 10.1. The summed E-state index contributed by atoms with van der Waals surface area (Å²) >= 11 is 0.